The first-order valence-corrected chi connectivity index (χ1v) is 13.6. The van der Waals surface area contributed by atoms with Crippen LogP contribution >= 0.6 is 0 Å². The maximum Gasteiger partial charge on any atom is 0.375 e. The van der Waals surface area contributed by atoms with Crippen molar-refractivity contribution in [3.8, 4) is 5.88 Å². The van der Waals surface area contributed by atoms with Crippen molar-refractivity contribution in [3.05, 3.63) is 57.7 Å². The molecule has 0 N–H and O–H groups in total. The van der Waals surface area contributed by atoms with Gasteiger partial charge in [0.2, 0.25) is 11.7 Å². The molecule has 13 nitrogen and oxygen atoms in total. The summed E-state index contributed by atoms with van der Waals surface area (Å²) in [6, 6.07) is 3.35. The summed E-state index contributed by atoms with van der Waals surface area (Å²) in [5.41, 5.74) is -0.480. The highest BCUT2D eigenvalue weighted by atomic mass is 32.2. The second-order valence-electron chi connectivity index (χ2n) is 9.20. The van der Waals surface area contributed by atoms with Gasteiger partial charge in [0.15, 0.2) is 15.7 Å². The third-order valence-electron chi connectivity index (χ3n) is 6.10. The van der Waals surface area contributed by atoms with Crippen LogP contribution in [0.2, 0.25) is 0 Å². The molecule has 202 valence electrons. The minimum Gasteiger partial charge on any atom is -0.351 e. The van der Waals surface area contributed by atoms with Gasteiger partial charge in [-0.05, 0) is 38.0 Å². The number of sulfone groups is 1. The van der Waals surface area contributed by atoms with E-state index in [1.54, 1.807) is 4.90 Å². The summed E-state index contributed by atoms with van der Waals surface area (Å²) in [7, 11) is -3.60. The number of nitro groups is 1. The van der Waals surface area contributed by atoms with E-state index >= 15 is 0 Å². The van der Waals surface area contributed by atoms with Crippen LogP contribution in [0.25, 0.3) is 0 Å². The molecule has 0 aliphatic carbocycles. The van der Waals surface area contributed by atoms with Crippen molar-refractivity contribution in [2.45, 2.75) is 50.3 Å². The quantitative estimate of drug-likeness (QED) is 0.229. The average Bonchev–Trinajstić information content (AvgIpc) is 3.37. The molecule has 2 aromatic heterocycles. The summed E-state index contributed by atoms with van der Waals surface area (Å²) in [5, 5.41) is 19.8. The van der Waals surface area contributed by atoms with Gasteiger partial charge in [0.25, 0.3) is 0 Å². The van der Waals surface area contributed by atoms with Gasteiger partial charge in [0, 0.05) is 36.7 Å². The number of aromatic nitrogens is 4. The number of anilines is 1. The van der Waals surface area contributed by atoms with Gasteiger partial charge >= 0.3 is 11.6 Å². The van der Waals surface area contributed by atoms with Crippen molar-refractivity contribution >= 4 is 27.1 Å². The van der Waals surface area contributed by atoms with E-state index in [2.05, 4.69) is 25.3 Å². The number of oxime groups is 1. The SMILES string of the molecule is C/C(=N/Oc1ncnc(N2CCC(c3nc(C(C)C)no3)CC2)c1[N+](=O)[O-])c1ccc(S(C)(=O)=O)cc1F. The molecule has 0 bridgehead atoms. The van der Waals surface area contributed by atoms with E-state index in [1.165, 1.54) is 19.1 Å². The third-order valence-corrected chi connectivity index (χ3v) is 7.21. The molecular formula is C23H26FN7O6S. The maximum absolute atomic E-state index is 14.5. The van der Waals surface area contributed by atoms with Gasteiger partial charge in [-0.25, -0.2) is 17.8 Å². The Balaban J connectivity index is 1.53. The van der Waals surface area contributed by atoms with Crippen LogP contribution in [0.1, 0.15) is 62.7 Å². The van der Waals surface area contributed by atoms with E-state index in [0.717, 1.165) is 18.6 Å². The van der Waals surface area contributed by atoms with E-state index in [0.29, 0.717) is 37.6 Å². The van der Waals surface area contributed by atoms with E-state index in [-0.39, 0.29) is 33.8 Å². The lowest BCUT2D eigenvalue weighted by atomic mass is 9.96. The summed E-state index contributed by atoms with van der Waals surface area (Å²) < 4.78 is 43.2. The zero-order valence-electron chi connectivity index (χ0n) is 21.2. The third kappa shape index (κ3) is 5.77. The lowest BCUT2D eigenvalue weighted by Gasteiger charge is -2.30. The maximum atomic E-state index is 14.5. The number of hydrogen-bond acceptors (Lipinski definition) is 12. The highest BCUT2D eigenvalue weighted by Crippen LogP contribution is 2.37. The molecule has 1 aromatic carbocycles. The molecule has 38 heavy (non-hydrogen) atoms. The first-order chi connectivity index (χ1) is 18.0. The average molecular weight is 548 g/mol. The normalized spacial score (nSPS) is 15.2. The van der Waals surface area contributed by atoms with Crippen LogP contribution in [0.5, 0.6) is 5.88 Å². The Bertz CT molecular complexity index is 1480. The molecule has 4 rings (SSSR count). The summed E-state index contributed by atoms with van der Waals surface area (Å²) >= 11 is 0. The van der Waals surface area contributed by atoms with Gasteiger partial charge in [-0.3, -0.25) is 10.1 Å². The van der Waals surface area contributed by atoms with E-state index in [1.807, 2.05) is 13.8 Å². The first-order valence-electron chi connectivity index (χ1n) is 11.7. The Morgan fingerprint density at radius 1 is 1.29 bits per heavy atom. The topological polar surface area (TPSA) is 167 Å². The van der Waals surface area contributed by atoms with Crippen LogP contribution in [-0.4, -0.2) is 58.5 Å². The molecular weight excluding hydrogens is 521 g/mol. The van der Waals surface area contributed by atoms with Gasteiger partial charge in [-0.1, -0.05) is 24.2 Å². The Morgan fingerprint density at radius 3 is 2.58 bits per heavy atom. The number of nitrogens with zero attached hydrogens (tertiary/aromatic N) is 7. The Kier molecular flexibility index (Phi) is 7.66. The highest BCUT2D eigenvalue weighted by molar-refractivity contribution is 7.90. The second kappa shape index (κ2) is 10.8. The molecule has 0 atom stereocenters. The summed E-state index contributed by atoms with van der Waals surface area (Å²) in [4.78, 5) is 30.6. The highest BCUT2D eigenvalue weighted by Gasteiger charge is 2.33. The van der Waals surface area contributed by atoms with Crippen LogP contribution in [0.4, 0.5) is 15.9 Å². The fourth-order valence-corrected chi connectivity index (χ4v) is 4.61. The lowest BCUT2D eigenvalue weighted by Crippen LogP contribution is -2.34. The molecule has 3 heterocycles. The number of piperidine rings is 1. The van der Waals surface area contributed by atoms with Gasteiger partial charge in [-0.15, -0.1) is 0 Å². The molecule has 1 saturated heterocycles. The lowest BCUT2D eigenvalue weighted by molar-refractivity contribution is -0.385. The molecule has 0 unspecified atom stereocenters. The van der Waals surface area contributed by atoms with Crippen molar-refractivity contribution in [2.24, 2.45) is 5.16 Å². The Labute approximate surface area is 217 Å². The van der Waals surface area contributed by atoms with Crippen LogP contribution in [0, 0.1) is 15.9 Å². The zero-order chi connectivity index (χ0) is 27.6. The molecule has 1 aliphatic heterocycles. The van der Waals surface area contributed by atoms with Crippen molar-refractivity contribution in [3.63, 3.8) is 0 Å². The van der Waals surface area contributed by atoms with Crippen LogP contribution in [-0.2, 0) is 9.84 Å². The van der Waals surface area contributed by atoms with Crippen molar-refractivity contribution in [1.82, 2.24) is 20.1 Å². The summed E-state index contributed by atoms with van der Waals surface area (Å²) in [6.45, 7) is 6.26. The molecule has 0 amide bonds. The summed E-state index contributed by atoms with van der Waals surface area (Å²) in [6.07, 6.45) is 3.34. The van der Waals surface area contributed by atoms with Crippen molar-refractivity contribution in [1.29, 1.82) is 0 Å². The minimum absolute atomic E-state index is 0.0261. The fraction of sp³-hybridized carbons (Fsp3) is 0.435. The standard InChI is InChI=1S/C23H26FN7O6S/c1-13(2)20-27-22(36-29-20)15-7-9-30(10-8-15)21-19(31(32)33)23(26-12-25-21)37-28-14(3)17-6-5-16(11-18(17)24)38(4,34)35/h5-6,11-13,15H,7-10H2,1-4H3/b28-14-. The van der Waals surface area contributed by atoms with Gasteiger partial charge in [-0.2, -0.15) is 9.97 Å². The number of benzene rings is 1. The number of rotatable bonds is 8. The van der Waals surface area contributed by atoms with E-state index in [9.17, 15) is 22.9 Å². The second-order valence-corrected chi connectivity index (χ2v) is 11.2. The Hall–Kier alpha value is -4.01. The number of halogens is 1. The van der Waals surface area contributed by atoms with Gasteiger partial charge < -0.3 is 14.3 Å². The first kappa shape index (κ1) is 27.0. The van der Waals surface area contributed by atoms with Crippen molar-refractivity contribution < 1.29 is 27.1 Å². The number of hydrogen-bond donors (Lipinski definition) is 0. The van der Waals surface area contributed by atoms with Gasteiger partial charge in [0.1, 0.15) is 12.1 Å². The molecule has 1 aliphatic rings. The predicted molar refractivity (Wildman–Crippen MR) is 134 cm³/mol. The molecule has 0 radical (unpaired) electrons. The smallest absolute Gasteiger partial charge is 0.351 e. The van der Waals surface area contributed by atoms with Crippen molar-refractivity contribution in [2.75, 3.05) is 24.2 Å². The van der Waals surface area contributed by atoms with Crippen LogP contribution in [0.15, 0.2) is 39.1 Å². The minimum atomic E-state index is -3.60. The van der Waals surface area contributed by atoms with Crippen LogP contribution < -0.4 is 9.74 Å². The molecule has 15 heteroatoms. The zero-order valence-corrected chi connectivity index (χ0v) is 22.0. The summed E-state index contributed by atoms with van der Waals surface area (Å²) in [5.74, 6) is 0.189. The monoisotopic (exact) mass is 547 g/mol. The fourth-order valence-electron chi connectivity index (χ4n) is 3.98. The molecule has 1 fully saturated rings. The van der Waals surface area contributed by atoms with E-state index < -0.39 is 32.1 Å². The largest absolute Gasteiger partial charge is 0.375 e. The van der Waals surface area contributed by atoms with Gasteiger partial charge in [0.05, 0.1) is 15.5 Å². The molecule has 0 saturated carbocycles. The Morgan fingerprint density at radius 2 is 2.00 bits per heavy atom. The predicted octanol–water partition coefficient (Wildman–Crippen LogP) is 3.62. The molecule has 0 spiro atoms. The molecule has 3 aromatic rings. The van der Waals surface area contributed by atoms with Crippen LogP contribution in [0.3, 0.4) is 0 Å². The van der Waals surface area contributed by atoms with E-state index in [4.69, 9.17) is 9.36 Å².